The third-order valence-electron chi connectivity index (χ3n) is 4.87. The van der Waals surface area contributed by atoms with E-state index in [0.29, 0.717) is 27.8 Å². The summed E-state index contributed by atoms with van der Waals surface area (Å²) >= 11 is 2.64. The van der Waals surface area contributed by atoms with Crippen molar-refractivity contribution in [1.29, 1.82) is 0 Å². The van der Waals surface area contributed by atoms with E-state index in [1.54, 1.807) is 37.4 Å². The van der Waals surface area contributed by atoms with Crippen molar-refractivity contribution in [2.75, 3.05) is 11.5 Å². The Labute approximate surface area is 213 Å². The summed E-state index contributed by atoms with van der Waals surface area (Å²) in [6, 6.07) is 7.46. The second kappa shape index (κ2) is 10.4. The summed E-state index contributed by atoms with van der Waals surface area (Å²) in [5.41, 5.74) is 0.901. The van der Waals surface area contributed by atoms with Crippen LogP contribution in [0.4, 0.5) is 0 Å². The van der Waals surface area contributed by atoms with Gasteiger partial charge in [0.05, 0.1) is 0 Å². The molecule has 0 spiro atoms. The molecule has 2 aliphatic heterocycles. The molecule has 0 bridgehead atoms. The van der Waals surface area contributed by atoms with Crippen LogP contribution in [0.2, 0.25) is 0 Å². The number of hydrogen-bond donors (Lipinski definition) is 3. The number of aliphatic hydroxyl groups is 1. The Morgan fingerprint density at radius 2 is 2.06 bits per heavy atom. The smallest absolute Gasteiger partial charge is 0.477 e. The van der Waals surface area contributed by atoms with Gasteiger partial charge in [-0.1, -0.05) is 42.1 Å². The molecule has 162 valence electrons. The number of rotatable bonds is 7. The Kier molecular flexibility index (Phi) is 8.01. The number of β-lactam (4-membered cyclic amide) rings is 1. The van der Waals surface area contributed by atoms with Gasteiger partial charge >= 0.3 is 35.5 Å². The van der Waals surface area contributed by atoms with Gasteiger partial charge in [0.25, 0.3) is 11.8 Å². The number of nitrogens with zero attached hydrogens (tertiary/aromatic N) is 5. The predicted molar refractivity (Wildman–Crippen MR) is 111 cm³/mol. The molecule has 2 amide bonds. The average molecular weight is 486 g/mol. The second-order valence-corrected chi connectivity index (χ2v) is 8.89. The van der Waals surface area contributed by atoms with E-state index in [2.05, 4.69) is 20.8 Å². The van der Waals surface area contributed by atoms with Crippen LogP contribution in [0, 0.1) is 0 Å². The molecule has 14 heteroatoms. The molecule has 11 nitrogen and oxygen atoms in total. The van der Waals surface area contributed by atoms with Gasteiger partial charge < -0.3 is 15.5 Å². The third-order valence-corrected chi connectivity index (χ3v) is 7.30. The zero-order valence-electron chi connectivity index (χ0n) is 17.2. The van der Waals surface area contributed by atoms with Crippen molar-refractivity contribution < 1.29 is 54.2 Å². The number of carbonyl (C=O) groups excluding carboxylic acids is 2. The molecular formula is C18H18N6NaO5S2+. The Balaban J connectivity index is 0.00000289. The van der Waals surface area contributed by atoms with E-state index in [1.165, 1.54) is 33.1 Å². The molecular weight excluding hydrogens is 467 g/mol. The number of carboxylic acid groups (broad SMARTS) is 1. The van der Waals surface area contributed by atoms with Crippen molar-refractivity contribution in [3.63, 3.8) is 0 Å². The molecule has 3 heterocycles. The Morgan fingerprint density at radius 3 is 2.69 bits per heavy atom. The van der Waals surface area contributed by atoms with Crippen molar-refractivity contribution in [3.8, 4) is 0 Å². The minimum Gasteiger partial charge on any atom is -0.477 e. The molecule has 1 fully saturated rings. The first-order chi connectivity index (χ1) is 14.9. The van der Waals surface area contributed by atoms with E-state index in [0.717, 1.165) is 0 Å². The summed E-state index contributed by atoms with van der Waals surface area (Å²) < 4.78 is 1.48. The number of aliphatic hydroxyl groups excluding tert-OH is 1. The maximum atomic E-state index is 12.7. The van der Waals surface area contributed by atoms with Crippen LogP contribution in [0.3, 0.4) is 0 Å². The first-order valence-corrected chi connectivity index (χ1v) is 11.2. The topological polar surface area (TPSA) is 151 Å². The average Bonchev–Trinajstić information content (AvgIpc) is 3.19. The van der Waals surface area contributed by atoms with Gasteiger partial charge in [-0.3, -0.25) is 14.5 Å². The number of thioether (sulfide) groups is 2. The van der Waals surface area contributed by atoms with Crippen LogP contribution in [0.25, 0.3) is 0 Å². The predicted octanol–water partition coefficient (Wildman–Crippen LogP) is -3.22. The molecule has 0 unspecified atom stereocenters. The van der Waals surface area contributed by atoms with Crippen LogP contribution >= 0.6 is 23.5 Å². The van der Waals surface area contributed by atoms with Crippen molar-refractivity contribution in [2.24, 2.45) is 7.05 Å². The van der Waals surface area contributed by atoms with Gasteiger partial charge in [0, 0.05) is 18.6 Å². The van der Waals surface area contributed by atoms with E-state index in [4.69, 9.17) is 0 Å². The minimum absolute atomic E-state index is 0. The van der Waals surface area contributed by atoms with Crippen molar-refractivity contribution in [1.82, 2.24) is 30.4 Å². The summed E-state index contributed by atoms with van der Waals surface area (Å²) in [7, 11) is 1.68. The third kappa shape index (κ3) is 4.72. The van der Waals surface area contributed by atoms with E-state index in [9.17, 15) is 24.6 Å². The molecule has 32 heavy (non-hydrogen) atoms. The van der Waals surface area contributed by atoms with Gasteiger partial charge in [0.2, 0.25) is 5.16 Å². The fraction of sp³-hybridized carbons (Fsp3) is 0.333. The number of carbonyl (C=O) groups is 3. The molecule has 1 saturated heterocycles. The molecule has 1 aromatic heterocycles. The molecule has 3 atom stereocenters. The molecule has 3 N–H and O–H groups in total. The number of benzene rings is 1. The summed E-state index contributed by atoms with van der Waals surface area (Å²) in [5, 5.41) is 33.6. The van der Waals surface area contributed by atoms with Crippen LogP contribution in [0.15, 0.2) is 46.8 Å². The zero-order valence-corrected chi connectivity index (χ0v) is 20.8. The van der Waals surface area contributed by atoms with Crippen LogP contribution < -0.4 is 34.9 Å². The maximum absolute atomic E-state index is 12.7. The second-order valence-electron chi connectivity index (χ2n) is 6.84. The van der Waals surface area contributed by atoms with Gasteiger partial charge in [-0.2, -0.15) is 0 Å². The molecule has 1 aromatic carbocycles. The van der Waals surface area contributed by atoms with Crippen LogP contribution in [0.1, 0.15) is 11.7 Å². The van der Waals surface area contributed by atoms with Crippen LogP contribution in [-0.2, 0) is 21.4 Å². The Bertz CT molecular complexity index is 1070. The fourth-order valence-electron chi connectivity index (χ4n) is 3.31. The summed E-state index contributed by atoms with van der Waals surface area (Å²) in [5.74, 6) is -1.75. The van der Waals surface area contributed by atoms with Crippen molar-refractivity contribution in [2.45, 2.75) is 22.7 Å². The number of fused-ring (bicyclic) bond motifs is 1. The number of aryl methyl sites for hydroxylation is 1. The van der Waals surface area contributed by atoms with E-state index in [1.807, 2.05) is 0 Å². The van der Waals surface area contributed by atoms with Crippen LogP contribution in [-0.4, -0.2) is 76.0 Å². The van der Waals surface area contributed by atoms with E-state index in [-0.39, 0.29) is 35.3 Å². The first kappa shape index (κ1) is 24.7. The molecule has 2 aliphatic rings. The molecule has 2 aromatic rings. The molecule has 0 aliphatic carbocycles. The summed E-state index contributed by atoms with van der Waals surface area (Å²) in [6.07, 6.45) is -1.42. The van der Waals surface area contributed by atoms with Gasteiger partial charge in [0.15, 0.2) is 6.10 Å². The SMILES string of the molecule is Cn1nnnc1SCC1=C(C(=O)O)N2C(=O)[C@H](NC(=O)[C@H](O)c3ccccc3)[C@H]2SC1.[Na+]. The van der Waals surface area contributed by atoms with Crippen molar-refractivity contribution >= 4 is 41.3 Å². The number of aromatic nitrogens is 4. The molecule has 0 radical (unpaired) electrons. The van der Waals surface area contributed by atoms with Gasteiger partial charge in [-0.25, -0.2) is 9.48 Å². The maximum Gasteiger partial charge on any atom is 1.00 e. The normalized spacial score (nSPS) is 20.7. The first-order valence-electron chi connectivity index (χ1n) is 9.17. The fourth-order valence-corrected chi connectivity index (χ4v) is 5.64. The van der Waals surface area contributed by atoms with Gasteiger partial charge in [0.1, 0.15) is 17.1 Å². The summed E-state index contributed by atoms with van der Waals surface area (Å²) in [6.45, 7) is 0. The molecule has 4 rings (SSSR count). The summed E-state index contributed by atoms with van der Waals surface area (Å²) in [4.78, 5) is 38.2. The standard InChI is InChI=1S/C18H18N6O5S2.Na/c1-23-18(20-21-22-23)31-8-10-7-30-16-11(15(27)24(16)12(10)17(28)29)19-14(26)13(25)9-5-3-2-4-6-9;/h2-6,11,13,16,25H,7-8H2,1H3,(H,19,26)(H,28,29);/q;+1/t11-,13+,16+;/m0./s1. The number of amides is 2. The number of hydrogen-bond acceptors (Lipinski definition) is 9. The Morgan fingerprint density at radius 1 is 1.34 bits per heavy atom. The molecule has 0 saturated carbocycles. The van der Waals surface area contributed by atoms with E-state index >= 15 is 0 Å². The number of aliphatic carboxylic acids is 1. The zero-order chi connectivity index (χ0) is 22.1. The van der Waals surface area contributed by atoms with E-state index < -0.39 is 35.3 Å². The number of carboxylic acids is 1. The number of tetrazole rings is 1. The van der Waals surface area contributed by atoms with Crippen LogP contribution in [0.5, 0.6) is 0 Å². The van der Waals surface area contributed by atoms with Gasteiger partial charge in [-0.05, 0) is 21.6 Å². The minimum atomic E-state index is -1.42. The van der Waals surface area contributed by atoms with Crippen molar-refractivity contribution in [3.05, 3.63) is 47.2 Å². The number of nitrogens with one attached hydrogen (secondary N) is 1. The Hall–Kier alpha value is -1.90. The largest absolute Gasteiger partial charge is 1.00 e. The van der Waals surface area contributed by atoms with Gasteiger partial charge in [-0.15, -0.1) is 16.9 Å². The quantitative estimate of drug-likeness (QED) is 0.208. The monoisotopic (exact) mass is 485 g/mol.